The Morgan fingerprint density at radius 1 is 1.60 bits per heavy atom. The summed E-state index contributed by atoms with van der Waals surface area (Å²) < 4.78 is 5.31. The number of carbonyl (C=O) groups is 2. The first kappa shape index (κ1) is 15.3. The van der Waals surface area contributed by atoms with Crippen LogP contribution in [0.25, 0.3) is 0 Å². The van der Waals surface area contributed by atoms with Crippen molar-refractivity contribution in [3.63, 3.8) is 0 Å². The molecule has 20 heavy (non-hydrogen) atoms. The molecule has 5 nitrogen and oxygen atoms in total. The van der Waals surface area contributed by atoms with E-state index in [0.717, 1.165) is 19.3 Å². The lowest BCUT2D eigenvalue weighted by atomic mass is 9.74. The Kier molecular flexibility index (Phi) is 4.70. The van der Waals surface area contributed by atoms with Gasteiger partial charge in [-0.25, -0.2) is 4.79 Å². The molecule has 1 unspecified atom stereocenters. The molecule has 112 valence electrons. The van der Waals surface area contributed by atoms with Gasteiger partial charge in [-0.15, -0.1) is 11.6 Å². The fourth-order valence-electron chi connectivity index (χ4n) is 3.06. The van der Waals surface area contributed by atoms with Crippen LogP contribution in [0.15, 0.2) is 12.2 Å². The Morgan fingerprint density at radius 2 is 2.35 bits per heavy atom. The minimum atomic E-state index is -1.24. The number of halogens is 1. The number of aliphatic hydroxyl groups excluding tert-OH is 1. The monoisotopic (exact) mass is 301 g/mol. The molecule has 0 aromatic heterocycles. The summed E-state index contributed by atoms with van der Waals surface area (Å²) in [4.78, 5) is 23.5. The second-order valence-electron chi connectivity index (χ2n) is 5.56. The fourth-order valence-corrected chi connectivity index (χ4v) is 3.28. The van der Waals surface area contributed by atoms with Gasteiger partial charge in [0.2, 0.25) is 5.91 Å². The molecule has 2 N–H and O–H groups in total. The lowest BCUT2D eigenvalue weighted by molar-refractivity contribution is -0.161. The lowest BCUT2D eigenvalue weighted by Crippen LogP contribution is -2.63. The standard InChI is InChI=1S/C14H20ClNO4/c1-14(11(17)9-5-3-2-4-6-9)10(7-8-15)12(18)16-13(19)20-14/h3,5,9-11,17H,2,4,6-8H2,1H3,(H,16,18,19)/t9?,10-,11-,14-/m0/s1. The van der Waals surface area contributed by atoms with Crippen LogP contribution in [0.5, 0.6) is 0 Å². The quantitative estimate of drug-likeness (QED) is 0.615. The van der Waals surface area contributed by atoms with Crippen LogP contribution in [0.1, 0.15) is 32.6 Å². The second-order valence-corrected chi connectivity index (χ2v) is 5.94. The highest BCUT2D eigenvalue weighted by molar-refractivity contribution is 6.18. The topological polar surface area (TPSA) is 75.6 Å². The molecule has 2 amide bonds. The van der Waals surface area contributed by atoms with Gasteiger partial charge in [0.05, 0.1) is 5.92 Å². The average molecular weight is 302 g/mol. The van der Waals surface area contributed by atoms with E-state index in [1.807, 2.05) is 12.2 Å². The molecule has 4 atom stereocenters. The van der Waals surface area contributed by atoms with E-state index < -0.39 is 29.6 Å². The lowest BCUT2D eigenvalue weighted by Gasteiger charge is -2.44. The number of alkyl carbamates (subject to hydrolysis) is 1. The summed E-state index contributed by atoms with van der Waals surface area (Å²) in [5.74, 6) is -0.908. The van der Waals surface area contributed by atoms with Crippen molar-refractivity contribution in [2.24, 2.45) is 11.8 Å². The normalized spacial score (nSPS) is 35.4. The summed E-state index contributed by atoms with van der Waals surface area (Å²) in [7, 11) is 0. The minimum Gasteiger partial charge on any atom is -0.439 e. The molecule has 0 spiro atoms. The van der Waals surface area contributed by atoms with Crippen LogP contribution in [0.4, 0.5) is 4.79 Å². The Morgan fingerprint density at radius 3 is 2.95 bits per heavy atom. The van der Waals surface area contributed by atoms with Crippen molar-refractivity contribution in [3.8, 4) is 0 Å². The van der Waals surface area contributed by atoms with Crippen LogP contribution in [-0.4, -0.2) is 34.7 Å². The molecule has 0 aromatic rings. The molecule has 1 aliphatic heterocycles. The van der Waals surface area contributed by atoms with Gasteiger partial charge in [-0.1, -0.05) is 12.2 Å². The third-order valence-electron chi connectivity index (χ3n) is 4.23. The van der Waals surface area contributed by atoms with E-state index in [-0.39, 0.29) is 11.8 Å². The molecule has 1 saturated heterocycles. The molecule has 0 saturated carbocycles. The third-order valence-corrected chi connectivity index (χ3v) is 4.45. The van der Waals surface area contributed by atoms with Gasteiger partial charge >= 0.3 is 6.09 Å². The van der Waals surface area contributed by atoms with Gasteiger partial charge in [0.1, 0.15) is 11.7 Å². The highest BCUT2D eigenvalue weighted by Crippen LogP contribution is 2.37. The summed E-state index contributed by atoms with van der Waals surface area (Å²) in [5.41, 5.74) is -1.24. The van der Waals surface area contributed by atoms with Crippen LogP contribution in [0, 0.1) is 11.8 Å². The highest BCUT2D eigenvalue weighted by atomic mass is 35.5. The molecule has 0 radical (unpaired) electrons. The SMILES string of the molecule is C[C@]1([C@@H](O)C2C=CCCC2)OC(=O)NC(=O)[C@@H]1CCCl. The van der Waals surface area contributed by atoms with Crippen molar-refractivity contribution in [2.45, 2.75) is 44.3 Å². The van der Waals surface area contributed by atoms with E-state index in [2.05, 4.69) is 5.32 Å². The number of carbonyl (C=O) groups excluding carboxylic acids is 2. The van der Waals surface area contributed by atoms with Crippen molar-refractivity contribution in [2.75, 3.05) is 5.88 Å². The summed E-state index contributed by atoms with van der Waals surface area (Å²) in [5, 5.41) is 12.8. The van der Waals surface area contributed by atoms with E-state index >= 15 is 0 Å². The largest absolute Gasteiger partial charge is 0.439 e. The molecule has 1 fully saturated rings. The maximum absolute atomic E-state index is 12.0. The van der Waals surface area contributed by atoms with Crippen molar-refractivity contribution in [1.29, 1.82) is 0 Å². The van der Waals surface area contributed by atoms with Crippen molar-refractivity contribution in [1.82, 2.24) is 5.32 Å². The van der Waals surface area contributed by atoms with Gasteiger partial charge < -0.3 is 9.84 Å². The highest BCUT2D eigenvalue weighted by Gasteiger charge is 2.53. The van der Waals surface area contributed by atoms with Crippen LogP contribution in [0.3, 0.4) is 0 Å². The zero-order valence-electron chi connectivity index (χ0n) is 11.5. The first-order chi connectivity index (χ1) is 9.49. The number of allylic oxidation sites excluding steroid dienone is 1. The number of rotatable bonds is 4. The predicted octanol–water partition coefficient (Wildman–Crippen LogP) is 1.97. The number of aliphatic hydroxyl groups is 1. The smallest absolute Gasteiger partial charge is 0.414 e. The first-order valence-electron chi connectivity index (χ1n) is 6.93. The molecule has 1 aliphatic carbocycles. The molecule has 2 aliphatic rings. The zero-order valence-corrected chi connectivity index (χ0v) is 12.2. The number of ether oxygens (including phenoxy) is 1. The maximum Gasteiger partial charge on any atom is 0.414 e. The van der Waals surface area contributed by atoms with Crippen LogP contribution >= 0.6 is 11.6 Å². The van der Waals surface area contributed by atoms with E-state index in [1.165, 1.54) is 0 Å². The zero-order chi connectivity index (χ0) is 14.8. The van der Waals surface area contributed by atoms with Crippen molar-refractivity contribution >= 4 is 23.6 Å². The number of nitrogens with one attached hydrogen (secondary N) is 1. The minimum absolute atomic E-state index is 0.106. The number of cyclic esters (lactones) is 1. The van der Waals surface area contributed by atoms with Gasteiger partial charge in [-0.2, -0.15) is 0 Å². The molecule has 0 aromatic carbocycles. The van der Waals surface area contributed by atoms with Crippen LogP contribution < -0.4 is 5.32 Å². The molecule has 0 bridgehead atoms. The Labute approximate surface area is 123 Å². The first-order valence-corrected chi connectivity index (χ1v) is 7.47. The molecule has 6 heteroatoms. The predicted molar refractivity (Wildman–Crippen MR) is 74.3 cm³/mol. The number of hydrogen-bond acceptors (Lipinski definition) is 4. The molecular formula is C14H20ClNO4. The summed E-state index contributed by atoms with van der Waals surface area (Å²) in [6.07, 6.45) is 5.38. The van der Waals surface area contributed by atoms with Crippen molar-refractivity contribution in [3.05, 3.63) is 12.2 Å². The van der Waals surface area contributed by atoms with Crippen LogP contribution in [-0.2, 0) is 9.53 Å². The fraction of sp³-hybridized carbons (Fsp3) is 0.714. The molecular weight excluding hydrogens is 282 g/mol. The van der Waals surface area contributed by atoms with E-state index in [1.54, 1.807) is 6.92 Å². The van der Waals surface area contributed by atoms with Crippen LogP contribution in [0.2, 0.25) is 0 Å². The van der Waals surface area contributed by atoms with Gasteiger partial charge in [0.25, 0.3) is 0 Å². The van der Waals surface area contributed by atoms with Gasteiger partial charge in [0, 0.05) is 11.8 Å². The Bertz CT molecular complexity index is 425. The second kappa shape index (κ2) is 6.14. The van der Waals surface area contributed by atoms with Gasteiger partial charge in [0.15, 0.2) is 0 Å². The van der Waals surface area contributed by atoms with E-state index in [4.69, 9.17) is 16.3 Å². The Hall–Kier alpha value is -1.07. The summed E-state index contributed by atoms with van der Waals surface area (Å²) in [6, 6.07) is 0. The van der Waals surface area contributed by atoms with E-state index in [9.17, 15) is 14.7 Å². The average Bonchev–Trinajstić information content (AvgIpc) is 2.43. The Balaban J connectivity index is 2.26. The van der Waals surface area contributed by atoms with Gasteiger partial charge in [-0.05, 0) is 32.6 Å². The number of alkyl halides is 1. The van der Waals surface area contributed by atoms with Crippen molar-refractivity contribution < 1.29 is 19.4 Å². The molecule has 1 heterocycles. The van der Waals surface area contributed by atoms with Gasteiger partial charge in [-0.3, -0.25) is 10.1 Å². The summed E-state index contributed by atoms with van der Waals surface area (Å²) >= 11 is 5.74. The molecule has 2 rings (SSSR count). The third kappa shape index (κ3) is 2.83. The maximum atomic E-state index is 12.0. The number of hydrogen-bond donors (Lipinski definition) is 2. The number of amides is 2. The van der Waals surface area contributed by atoms with E-state index in [0.29, 0.717) is 6.42 Å². The summed E-state index contributed by atoms with van der Waals surface area (Å²) in [6.45, 7) is 1.62. The number of imide groups is 1.